The molecule has 3 nitrogen and oxygen atoms in total. The fraction of sp³-hybridized carbons (Fsp3) is 0.611. The first-order chi connectivity index (χ1) is 10.2. The quantitative estimate of drug-likeness (QED) is 0.658. The second kappa shape index (κ2) is 6.18. The topological polar surface area (TPSA) is 53.1 Å². The summed E-state index contributed by atoms with van der Waals surface area (Å²) in [6.45, 7) is 3.25. The molecule has 1 heterocycles. The Labute approximate surface area is 128 Å². The molecule has 1 aliphatic carbocycles. The minimum atomic E-state index is 0.0452. The van der Waals surface area contributed by atoms with Crippen LogP contribution in [-0.4, -0.2) is 30.4 Å². The van der Waals surface area contributed by atoms with Gasteiger partial charge in [-0.2, -0.15) is 0 Å². The SMILES string of the molecule is N=C(N)C(CN1CCC2(CCCC2)CC1)c1ccccc1. The lowest BCUT2D eigenvalue weighted by atomic mass is 9.77. The fourth-order valence-corrected chi connectivity index (χ4v) is 4.16. The zero-order valence-electron chi connectivity index (χ0n) is 12.9. The van der Waals surface area contributed by atoms with E-state index in [1.807, 2.05) is 18.2 Å². The molecule has 1 saturated heterocycles. The molecule has 2 aliphatic rings. The summed E-state index contributed by atoms with van der Waals surface area (Å²) < 4.78 is 0. The Morgan fingerprint density at radius 1 is 1.10 bits per heavy atom. The van der Waals surface area contributed by atoms with Crippen molar-refractivity contribution in [2.24, 2.45) is 11.1 Å². The summed E-state index contributed by atoms with van der Waals surface area (Å²) in [5, 5.41) is 7.92. The molecule has 3 N–H and O–H groups in total. The summed E-state index contributed by atoms with van der Waals surface area (Å²) in [7, 11) is 0. The molecule has 1 spiro atoms. The van der Waals surface area contributed by atoms with Gasteiger partial charge in [-0.3, -0.25) is 5.41 Å². The molecule has 21 heavy (non-hydrogen) atoms. The molecule has 3 rings (SSSR count). The van der Waals surface area contributed by atoms with Gasteiger partial charge in [0.25, 0.3) is 0 Å². The molecule has 1 unspecified atom stereocenters. The van der Waals surface area contributed by atoms with Crippen molar-refractivity contribution < 1.29 is 0 Å². The Hall–Kier alpha value is -1.35. The van der Waals surface area contributed by atoms with Crippen molar-refractivity contribution in [2.45, 2.75) is 44.4 Å². The highest BCUT2D eigenvalue weighted by Gasteiger charge is 2.37. The second-order valence-electron chi connectivity index (χ2n) is 6.93. The van der Waals surface area contributed by atoms with Crippen LogP contribution in [0.15, 0.2) is 30.3 Å². The Morgan fingerprint density at radius 3 is 2.29 bits per heavy atom. The van der Waals surface area contributed by atoms with Gasteiger partial charge in [0, 0.05) is 6.54 Å². The van der Waals surface area contributed by atoms with Crippen LogP contribution in [0.2, 0.25) is 0 Å². The number of piperidine rings is 1. The van der Waals surface area contributed by atoms with E-state index in [2.05, 4.69) is 17.0 Å². The maximum atomic E-state index is 7.92. The Kier molecular flexibility index (Phi) is 4.29. The summed E-state index contributed by atoms with van der Waals surface area (Å²) >= 11 is 0. The van der Waals surface area contributed by atoms with Crippen LogP contribution in [0.1, 0.15) is 50.0 Å². The smallest absolute Gasteiger partial charge is 0.0995 e. The van der Waals surface area contributed by atoms with E-state index in [1.165, 1.54) is 57.2 Å². The molecular formula is C18H27N3. The molecule has 3 heteroatoms. The van der Waals surface area contributed by atoms with E-state index in [-0.39, 0.29) is 5.92 Å². The average Bonchev–Trinajstić information content (AvgIpc) is 2.96. The monoisotopic (exact) mass is 285 g/mol. The molecule has 1 aliphatic heterocycles. The number of nitrogens with two attached hydrogens (primary N) is 1. The molecule has 2 fully saturated rings. The van der Waals surface area contributed by atoms with Crippen molar-refractivity contribution in [3.63, 3.8) is 0 Å². The summed E-state index contributed by atoms with van der Waals surface area (Å²) in [5.74, 6) is 0.339. The van der Waals surface area contributed by atoms with E-state index < -0.39 is 0 Å². The van der Waals surface area contributed by atoms with Crippen molar-refractivity contribution in [1.82, 2.24) is 4.90 Å². The van der Waals surface area contributed by atoms with E-state index in [0.29, 0.717) is 11.3 Å². The lowest BCUT2D eigenvalue weighted by Gasteiger charge is -2.40. The first-order valence-corrected chi connectivity index (χ1v) is 8.30. The molecule has 1 aromatic carbocycles. The predicted molar refractivity (Wildman–Crippen MR) is 87.7 cm³/mol. The van der Waals surface area contributed by atoms with Crippen LogP contribution in [-0.2, 0) is 0 Å². The van der Waals surface area contributed by atoms with Gasteiger partial charge in [-0.05, 0) is 49.8 Å². The molecule has 0 aromatic heterocycles. The maximum Gasteiger partial charge on any atom is 0.0995 e. The zero-order valence-corrected chi connectivity index (χ0v) is 12.9. The van der Waals surface area contributed by atoms with Crippen molar-refractivity contribution >= 4 is 5.84 Å². The lowest BCUT2D eigenvalue weighted by molar-refractivity contribution is 0.108. The van der Waals surface area contributed by atoms with Gasteiger partial charge in [0.15, 0.2) is 0 Å². The molecule has 0 amide bonds. The van der Waals surface area contributed by atoms with Gasteiger partial charge < -0.3 is 10.6 Å². The van der Waals surface area contributed by atoms with Crippen LogP contribution in [0.25, 0.3) is 0 Å². The third-order valence-electron chi connectivity index (χ3n) is 5.60. The van der Waals surface area contributed by atoms with Gasteiger partial charge in [0.05, 0.1) is 11.8 Å². The average molecular weight is 285 g/mol. The number of amidine groups is 1. The van der Waals surface area contributed by atoms with Gasteiger partial charge in [-0.25, -0.2) is 0 Å². The molecule has 1 atom stereocenters. The van der Waals surface area contributed by atoms with Gasteiger partial charge in [-0.1, -0.05) is 43.2 Å². The zero-order chi connectivity index (χ0) is 14.7. The Morgan fingerprint density at radius 2 is 1.71 bits per heavy atom. The number of hydrogen-bond acceptors (Lipinski definition) is 2. The van der Waals surface area contributed by atoms with E-state index in [0.717, 1.165) is 6.54 Å². The van der Waals surface area contributed by atoms with Gasteiger partial charge in [0.1, 0.15) is 0 Å². The van der Waals surface area contributed by atoms with Crippen LogP contribution in [0.4, 0.5) is 0 Å². The third kappa shape index (κ3) is 3.29. The minimum absolute atomic E-state index is 0.0452. The predicted octanol–water partition coefficient (Wildman–Crippen LogP) is 3.36. The molecule has 0 radical (unpaired) electrons. The van der Waals surface area contributed by atoms with Crippen molar-refractivity contribution in [3.8, 4) is 0 Å². The van der Waals surface area contributed by atoms with Gasteiger partial charge >= 0.3 is 0 Å². The van der Waals surface area contributed by atoms with Crippen molar-refractivity contribution in [1.29, 1.82) is 5.41 Å². The van der Waals surface area contributed by atoms with Crippen molar-refractivity contribution in [3.05, 3.63) is 35.9 Å². The number of nitrogens with zero attached hydrogens (tertiary/aromatic N) is 1. The van der Waals surface area contributed by atoms with Crippen molar-refractivity contribution in [2.75, 3.05) is 19.6 Å². The van der Waals surface area contributed by atoms with Crippen LogP contribution in [0, 0.1) is 10.8 Å². The lowest BCUT2D eigenvalue weighted by Crippen LogP contribution is -2.42. The number of nitrogens with one attached hydrogen (secondary N) is 1. The summed E-state index contributed by atoms with van der Waals surface area (Å²) in [5.41, 5.74) is 7.69. The summed E-state index contributed by atoms with van der Waals surface area (Å²) in [6.07, 6.45) is 8.42. The molecule has 0 bridgehead atoms. The van der Waals surface area contributed by atoms with Gasteiger partial charge in [0.2, 0.25) is 0 Å². The second-order valence-corrected chi connectivity index (χ2v) is 6.93. The molecular weight excluding hydrogens is 258 g/mol. The molecule has 114 valence electrons. The fourth-order valence-electron chi connectivity index (χ4n) is 4.16. The standard InChI is InChI=1S/C18H27N3/c19-17(20)16(15-6-2-1-3-7-15)14-21-12-10-18(11-13-21)8-4-5-9-18/h1-3,6-7,16H,4-5,8-14H2,(H3,19,20). The van der Waals surface area contributed by atoms with Crippen LogP contribution in [0.5, 0.6) is 0 Å². The first kappa shape index (κ1) is 14.6. The van der Waals surface area contributed by atoms with E-state index >= 15 is 0 Å². The third-order valence-corrected chi connectivity index (χ3v) is 5.60. The van der Waals surface area contributed by atoms with Crippen LogP contribution in [0.3, 0.4) is 0 Å². The largest absolute Gasteiger partial charge is 0.387 e. The molecule has 1 aromatic rings. The van der Waals surface area contributed by atoms with E-state index in [4.69, 9.17) is 11.1 Å². The van der Waals surface area contributed by atoms with Crippen LogP contribution < -0.4 is 5.73 Å². The normalized spacial score (nSPS) is 23.2. The highest BCUT2D eigenvalue weighted by Crippen LogP contribution is 2.46. The molecule has 1 saturated carbocycles. The highest BCUT2D eigenvalue weighted by molar-refractivity contribution is 5.84. The maximum absolute atomic E-state index is 7.92. The summed E-state index contributed by atoms with van der Waals surface area (Å²) in [6, 6.07) is 10.3. The van der Waals surface area contributed by atoms with Gasteiger partial charge in [-0.15, -0.1) is 0 Å². The number of rotatable bonds is 4. The van der Waals surface area contributed by atoms with E-state index in [9.17, 15) is 0 Å². The van der Waals surface area contributed by atoms with E-state index in [1.54, 1.807) is 0 Å². The summed E-state index contributed by atoms with van der Waals surface area (Å²) in [4.78, 5) is 2.52. The highest BCUT2D eigenvalue weighted by atomic mass is 15.1. The number of benzene rings is 1. The number of hydrogen-bond donors (Lipinski definition) is 2. The Balaban J connectivity index is 1.61. The first-order valence-electron chi connectivity index (χ1n) is 8.30. The van der Waals surface area contributed by atoms with Crippen LogP contribution >= 0.6 is 0 Å². The Bertz CT molecular complexity index is 466. The number of likely N-dealkylation sites (tertiary alicyclic amines) is 1. The minimum Gasteiger partial charge on any atom is -0.387 e.